The van der Waals surface area contributed by atoms with Gasteiger partial charge in [-0.05, 0) is 107 Å². The van der Waals surface area contributed by atoms with Crippen molar-refractivity contribution in [2.45, 2.75) is 155 Å². The van der Waals surface area contributed by atoms with E-state index in [-0.39, 0.29) is 101 Å². The van der Waals surface area contributed by atoms with Gasteiger partial charge in [0.1, 0.15) is 23.7 Å². The molecule has 0 saturated heterocycles. The standard InChI is InChI=1S/C70H87N15O14S2/c1-12-45-34(3)49-30-54-58(38(7)86)36(5)51(77-54)28-50-35(4)46(60(78-50)47(27-57(90)99-11)61-59(66(93)84-85(8,9)10)37(6)52(79-61)29-53(45)76-49)22-20-43(87)15-14-24-100-101-33-55(69(97)98)81-65(92)40(26-56(89)72-13-2)25-44(88)21-23-48(68(95)96)80-64(91)39-16-18-41(19-17-39)73-31-42-32-74-63-62(75-42)67(94)83-70(71)82-63/h16-19,28-30,32,34-35,40,45-46,48,55H,12-15,20-27,31,33H2,1-11H3,(H11-,71,72,73,74,75,76,77,78,79,80,81,82,83,84,86,89,91,92,93,94,95,96,97,98)/p+1/t34-,35+,40+,45-,46+,48+,55+/m1/s1. The molecule has 0 radical (unpaired) electrons. The fourth-order valence-corrected chi connectivity index (χ4v) is 14.8. The molecule has 0 aliphatic carbocycles. The maximum Gasteiger partial charge on any atom is 0.327 e. The van der Waals surface area contributed by atoms with Crippen molar-refractivity contribution in [3.05, 3.63) is 121 Å². The number of esters is 1. The van der Waals surface area contributed by atoms with Crippen LogP contribution in [0.2, 0.25) is 0 Å². The van der Waals surface area contributed by atoms with Crippen LogP contribution in [-0.4, -0.2) is 172 Å². The number of rotatable bonds is 33. The number of benzene rings is 1. The van der Waals surface area contributed by atoms with E-state index < -0.39 is 96.1 Å². The highest BCUT2D eigenvalue weighted by Gasteiger charge is 2.36. The number of anilines is 2. The Morgan fingerprint density at radius 3 is 2.07 bits per heavy atom. The van der Waals surface area contributed by atoms with Gasteiger partial charge >= 0.3 is 17.9 Å². The number of ketones is 3. The molecule has 0 fully saturated rings. The topological polar surface area (TPSA) is 435 Å². The molecule has 8 rings (SSSR count). The number of nitrogens with two attached hydrogens (primary N) is 1. The lowest BCUT2D eigenvalue weighted by atomic mass is 9.84. The van der Waals surface area contributed by atoms with Crippen LogP contribution >= 0.6 is 21.6 Å². The Bertz CT molecular complexity index is 4430. The van der Waals surface area contributed by atoms with E-state index in [0.717, 1.165) is 34.2 Å². The summed E-state index contributed by atoms with van der Waals surface area (Å²) in [5.74, 6) is -8.80. The van der Waals surface area contributed by atoms with Gasteiger partial charge in [0.25, 0.3) is 17.4 Å². The number of nitrogens with zero attached hydrogens (tertiary/aromatic N) is 6. The maximum atomic E-state index is 14.6. The molecule has 0 spiro atoms. The molecular weight excluding hydrogens is 1340 g/mol. The molecule has 7 heterocycles. The normalized spacial score (nSPS) is 16.0. The Kier molecular flexibility index (Phi) is 25.9. The average molecular weight is 1430 g/mol. The number of ether oxygens (including phenoxy) is 1. The lowest BCUT2D eigenvalue weighted by Gasteiger charge is -2.23. The number of fused-ring (bicyclic) bond motifs is 9. The molecule has 8 bridgehead atoms. The largest absolute Gasteiger partial charge is 0.480 e. The number of hydrogen-bond donors (Lipinski definition) is 11. The van der Waals surface area contributed by atoms with Gasteiger partial charge in [-0.3, -0.25) is 58.1 Å². The summed E-state index contributed by atoms with van der Waals surface area (Å²) in [5, 5.41) is 30.8. The van der Waals surface area contributed by atoms with E-state index in [1.807, 2.05) is 60.1 Å². The second-order valence-corrected chi connectivity index (χ2v) is 28.9. The molecule has 1 aromatic carbocycles. The van der Waals surface area contributed by atoms with Crippen LogP contribution in [0, 0.1) is 19.8 Å². The van der Waals surface area contributed by atoms with E-state index in [0.29, 0.717) is 85.7 Å². The van der Waals surface area contributed by atoms with Gasteiger partial charge < -0.3 is 51.9 Å². The Balaban J connectivity index is 0.901. The summed E-state index contributed by atoms with van der Waals surface area (Å²) in [4.78, 5) is 178. The molecule has 29 nitrogen and oxygen atoms in total. The zero-order valence-corrected chi connectivity index (χ0v) is 60.1. The molecule has 4 amide bonds. The molecule has 0 saturated carbocycles. The number of carboxylic acids is 2. The van der Waals surface area contributed by atoms with Crippen molar-refractivity contribution in [2.75, 3.05) is 57.4 Å². The van der Waals surface area contributed by atoms with Crippen LogP contribution in [0.25, 0.3) is 33.2 Å². The van der Waals surface area contributed by atoms with Gasteiger partial charge in [-0.2, -0.15) is 10.4 Å². The first-order chi connectivity index (χ1) is 47.9. The number of aromatic nitrogens is 8. The number of nitrogen functional groups attached to an aromatic ring is 1. The third kappa shape index (κ3) is 19.6. The summed E-state index contributed by atoms with van der Waals surface area (Å²) >= 11 is 0. The lowest BCUT2D eigenvalue weighted by Crippen LogP contribution is -2.51. The fourth-order valence-electron chi connectivity index (χ4n) is 12.5. The van der Waals surface area contributed by atoms with Crippen molar-refractivity contribution in [2.24, 2.45) is 5.92 Å². The smallest absolute Gasteiger partial charge is 0.327 e. The Hall–Kier alpha value is -9.88. The molecule has 6 aromatic rings. The lowest BCUT2D eigenvalue weighted by molar-refractivity contribution is -0.905. The summed E-state index contributed by atoms with van der Waals surface area (Å²) in [6, 6.07) is 8.80. The molecular formula is C70H88N15O14S2+. The molecule has 31 heteroatoms. The minimum atomic E-state index is -1.53. The van der Waals surface area contributed by atoms with Crippen molar-refractivity contribution < 1.29 is 67.5 Å². The van der Waals surface area contributed by atoms with Crippen molar-refractivity contribution in [1.29, 1.82) is 0 Å². The van der Waals surface area contributed by atoms with Gasteiger partial charge in [0, 0.05) is 124 Å². The van der Waals surface area contributed by atoms with E-state index in [2.05, 4.69) is 70.4 Å². The zero-order valence-electron chi connectivity index (χ0n) is 58.4. The molecule has 538 valence electrons. The van der Waals surface area contributed by atoms with Crippen LogP contribution in [0.4, 0.5) is 11.6 Å². The number of amides is 4. The predicted octanol–water partition coefficient (Wildman–Crippen LogP) is 7.45. The maximum absolute atomic E-state index is 14.6. The van der Waals surface area contributed by atoms with E-state index in [9.17, 15) is 63.0 Å². The minimum Gasteiger partial charge on any atom is -0.480 e. The van der Waals surface area contributed by atoms with Gasteiger partial charge in [0.2, 0.25) is 17.8 Å². The number of carbonyl (C=O) groups excluding carboxylic acids is 8. The van der Waals surface area contributed by atoms with Crippen molar-refractivity contribution in [3.8, 4) is 0 Å². The SMILES string of the molecule is CCNC(=O)C[C@H](CC(=O)CC[C@H](NC(=O)c1ccc(NCc2cnc3nc(N)[nH]c(=O)c3n2)cc1)C(=O)O)C(=O)N[C@@H](CSSCCCC(=O)CC[C@@H]1c2nc(cc3[nH]c(cc4nc(cc5[nH]c(c2CC(=O)OC)c(C(=O)N[N+](C)(C)C)c5C)[C@H](CC)[C@H]4C)c(C(C)=O)c3C)[C@H]1C)C(=O)O. The third-order valence-corrected chi connectivity index (χ3v) is 20.4. The number of quaternary nitrogens is 1. The number of carboxylic acid groups (broad SMARTS) is 2. The molecule has 101 heavy (non-hydrogen) atoms. The minimum absolute atomic E-state index is 0.00134. The first-order valence-corrected chi connectivity index (χ1v) is 35.8. The van der Waals surface area contributed by atoms with E-state index in [4.69, 9.17) is 20.4 Å². The fraction of sp³-hybridized carbons (Fsp3) is 0.457. The molecule has 0 unspecified atom stereocenters. The average Bonchev–Trinajstić information content (AvgIpc) is 1.60. The number of hydrogen-bond acceptors (Lipinski definition) is 21. The van der Waals surface area contributed by atoms with Crippen molar-refractivity contribution in [3.63, 3.8) is 0 Å². The quantitative estimate of drug-likeness (QED) is 0.00475. The van der Waals surface area contributed by atoms with Crippen molar-refractivity contribution in [1.82, 2.24) is 61.2 Å². The second-order valence-electron chi connectivity index (χ2n) is 26.2. The number of H-pyrrole nitrogens is 3. The zero-order chi connectivity index (χ0) is 73.7. The Morgan fingerprint density at radius 1 is 0.743 bits per heavy atom. The first-order valence-electron chi connectivity index (χ1n) is 33.3. The summed E-state index contributed by atoms with van der Waals surface area (Å²) in [6.07, 6.45) is 1.06. The molecule has 2 aliphatic rings. The highest BCUT2D eigenvalue weighted by molar-refractivity contribution is 8.76. The number of Topliss-reactive ketones (excluding diaryl/α,β-unsaturated/α-hetero) is 3. The van der Waals surface area contributed by atoms with Gasteiger partial charge in [-0.15, -0.1) is 0 Å². The monoisotopic (exact) mass is 1430 g/mol. The summed E-state index contributed by atoms with van der Waals surface area (Å²) in [6.45, 7) is 13.4. The number of nitrogens with one attached hydrogen (secondary N) is 8. The van der Waals surface area contributed by atoms with Crippen molar-refractivity contribution >= 4 is 125 Å². The van der Waals surface area contributed by atoms with Crippen LogP contribution in [0.1, 0.15) is 192 Å². The summed E-state index contributed by atoms with van der Waals surface area (Å²) in [5.41, 5.74) is 16.7. The van der Waals surface area contributed by atoms with E-state index in [1.165, 1.54) is 43.2 Å². The summed E-state index contributed by atoms with van der Waals surface area (Å²) in [7, 11) is 9.17. The summed E-state index contributed by atoms with van der Waals surface area (Å²) < 4.78 is 5.38. The van der Waals surface area contributed by atoms with Crippen LogP contribution in [-0.2, 0) is 51.3 Å². The number of aryl methyl sites for hydroxylation is 2. The Morgan fingerprint density at radius 2 is 1.41 bits per heavy atom. The van der Waals surface area contributed by atoms with Gasteiger partial charge in [0.05, 0.1) is 81.3 Å². The van der Waals surface area contributed by atoms with E-state index in [1.54, 1.807) is 19.1 Å². The molecule has 5 aromatic heterocycles. The van der Waals surface area contributed by atoms with Crippen LogP contribution in [0.3, 0.4) is 0 Å². The number of methoxy groups -OCH3 is 1. The second kappa shape index (κ2) is 34.0. The highest BCUT2D eigenvalue weighted by atomic mass is 33.1. The van der Waals surface area contributed by atoms with Crippen LogP contribution in [0.15, 0.2) is 53.5 Å². The molecule has 12 N–H and O–H groups in total. The highest BCUT2D eigenvalue weighted by Crippen LogP contribution is 2.44. The van der Waals surface area contributed by atoms with Crippen LogP contribution < -0.4 is 38.0 Å². The van der Waals surface area contributed by atoms with E-state index >= 15 is 0 Å². The predicted molar refractivity (Wildman–Crippen MR) is 383 cm³/mol. The number of aliphatic carboxylic acids is 2. The van der Waals surface area contributed by atoms with Gasteiger partial charge in [-0.1, -0.05) is 42.4 Å². The number of aromatic amines is 3. The third-order valence-electron chi connectivity index (χ3n) is 17.9. The van der Waals surface area contributed by atoms with Gasteiger partial charge in [0.15, 0.2) is 16.9 Å². The first kappa shape index (κ1) is 76.9. The Labute approximate surface area is 590 Å². The number of carbonyl (C=O) groups is 10. The van der Waals surface area contributed by atoms with Crippen LogP contribution in [0.5, 0.6) is 0 Å². The molecule has 2 aliphatic heterocycles. The van der Waals surface area contributed by atoms with Gasteiger partial charge in [-0.25, -0.2) is 24.1 Å². The molecule has 7 atom stereocenters.